The lowest BCUT2D eigenvalue weighted by Crippen LogP contribution is -1.96. The number of aromatic nitrogens is 6. The second-order valence-electron chi connectivity index (χ2n) is 5.02. The molecule has 108 valence electrons. The lowest BCUT2D eigenvalue weighted by Gasteiger charge is -2.04. The number of nitrogen functional groups attached to an aromatic ring is 1. The van der Waals surface area contributed by atoms with E-state index in [1.165, 1.54) is 0 Å². The number of hydrogen-bond donors (Lipinski definition) is 2. The van der Waals surface area contributed by atoms with Crippen LogP contribution >= 0.6 is 0 Å². The molecule has 0 aliphatic carbocycles. The Balaban J connectivity index is 1.87. The van der Waals surface area contributed by atoms with Crippen LogP contribution < -0.4 is 5.73 Å². The summed E-state index contributed by atoms with van der Waals surface area (Å²) in [6.45, 7) is 0. The molecule has 7 nitrogen and oxygen atoms in total. The number of fused-ring (bicyclic) bond motifs is 1. The summed E-state index contributed by atoms with van der Waals surface area (Å²) >= 11 is 0. The van der Waals surface area contributed by atoms with E-state index in [1.54, 1.807) is 23.3 Å². The summed E-state index contributed by atoms with van der Waals surface area (Å²) in [6.07, 6.45) is 7.16. The van der Waals surface area contributed by atoms with Gasteiger partial charge in [0.05, 0.1) is 17.3 Å². The number of rotatable bonds is 2. The molecule has 4 rings (SSSR count). The van der Waals surface area contributed by atoms with Crippen LogP contribution in [0.4, 0.5) is 5.82 Å². The molecule has 22 heavy (non-hydrogen) atoms. The summed E-state index contributed by atoms with van der Waals surface area (Å²) < 4.78 is 1.75. The van der Waals surface area contributed by atoms with Crippen LogP contribution in [0.3, 0.4) is 0 Å². The molecule has 0 bridgehead atoms. The Morgan fingerprint density at radius 1 is 1.18 bits per heavy atom. The fourth-order valence-electron chi connectivity index (χ4n) is 2.37. The first-order valence-electron chi connectivity index (χ1n) is 6.76. The maximum absolute atomic E-state index is 6.01. The topological polar surface area (TPSA) is 98.3 Å². The zero-order valence-electron chi connectivity index (χ0n) is 11.9. The number of H-pyrrole nitrogens is 1. The maximum Gasteiger partial charge on any atom is 0.178 e. The smallest absolute Gasteiger partial charge is 0.178 e. The summed E-state index contributed by atoms with van der Waals surface area (Å²) in [5.74, 6) is 1.08. The minimum absolute atomic E-state index is 0.423. The van der Waals surface area contributed by atoms with Gasteiger partial charge in [0.2, 0.25) is 0 Å². The third kappa shape index (κ3) is 1.99. The van der Waals surface area contributed by atoms with Crippen molar-refractivity contribution in [3.63, 3.8) is 0 Å². The van der Waals surface area contributed by atoms with E-state index in [2.05, 4.69) is 25.0 Å². The fraction of sp³-hybridized carbons (Fsp3) is 0.0667. The van der Waals surface area contributed by atoms with Gasteiger partial charge in [0.25, 0.3) is 0 Å². The molecule has 0 fully saturated rings. The number of anilines is 1. The number of aryl methyl sites for hydroxylation is 1. The Hall–Kier alpha value is -3.22. The molecule has 0 unspecified atom stereocenters. The van der Waals surface area contributed by atoms with Gasteiger partial charge >= 0.3 is 0 Å². The molecule has 7 heteroatoms. The third-order valence-electron chi connectivity index (χ3n) is 3.47. The Kier molecular flexibility index (Phi) is 2.65. The minimum atomic E-state index is 0.423. The molecule has 0 amide bonds. The third-order valence-corrected chi connectivity index (χ3v) is 3.47. The van der Waals surface area contributed by atoms with Gasteiger partial charge in [0, 0.05) is 36.8 Å². The van der Waals surface area contributed by atoms with E-state index in [-0.39, 0.29) is 0 Å². The van der Waals surface area contributed by atoms with Crippen LogP contribution in [0.2, 0.25) is 0 Å². The molecule has 0 spiro atoms. The molecule has 0 aromatic carbocycles. The van der Waals surface area contributed by atoms with E-state index in [0.717, 1.165) is 22.2 Å². The molecular formula is C15H13N7. The molecule has 0 aliphatic heterocycles. The Bertz CT molecular complexity index is 934. The van der Waals surface area contributed by atoms with E-state index >= 15 is 0 Å². The normalized spacial score (nSPS) is 11.1. The summed E-state index contributed by atoms with van der Waals surface area (Å²) in [4.78, 5) is 16.2. The molecular weight excluding hydrogens is 278 g/mol. The summed E-state index contributed by atoms with van der Waals surface area (Å²) in [6, 6.07) is 5.74. The van der Waals surface area contributed by atoms with Crippen LogP contribution in [0.15, 0.2) is 43.0 Å². The number of hydrogen-bond acceptors (Lipinski definition) is 5. The number of imidazole rings is 1. The first-order chi connectivity index (χ1) is 10.7. The number of nitrogens with zero attached hydrogens (tertiary/aromatic N) is 5. The Morgan fingerprint density at radius 3 is 2.86 bits per heavy atom. The van der Waals surface area contributed by atoms with Crippen molar-refractivity contribution in [2.75, 3.05) is 5.73 Å². The predicted molar refractivity (Wildman–Crippen MR) is 83.7 cm³/mol. The first-order valence-corrected chi connectivity index (χ1v) is 6.76. The molecule has 0 radical (unpaired) electrons. The zero-order chi connectivity index (χ0) is 15.1. The minimum Gasteiger partial charge on any atom is -0.383 e. The van der Waals surface area contributed by atoms with Crippen LogP contribution in [-0.2, 0) is 7.05 Å². The molecule has 0 aliphatic rings. The van der Waals surface area contributed by atoms with E-state index in [1.807, 2.05) is 31.4 Å². The van der Waals surface area contributed by atoms with Crippen molar-refractivity contribution in [1.82, 2.24) is 29.7 Å². The van der Waals surface area contributed by atoms with Gasteiger partial charge in [0.1, 0.15) is 11.6 Å². The SMILES string of the molecule is Cn1cc(-c2cnc(N)c(-c3nc4ncccc4[nH]3)c2)cn1. The predicted octanol–water partition coefficient (Wildman–Crippen LogP) is 2.00. The number of nitrogens with one attached hydrogen (secondary N) is 1. The van der Waals surface area contributed by atoms with Gasteiger partial charge in [-0.3, -0.25) is 4.68 Å². The second-order valence-corrected chi connectivity index (χ2v) is 5.02. The fourth-order valence-corrected chi connectivity index (χ4v) is 2.37. The van der Waals surface area contributed by atoms with Gasteiger partial charge in [-0.15, -0.1) is 0 Å². The average molecular weight is 291 g/mol. The van der Waals surface area contributed by atoms with Crippen molar-refractivity contribution in [2.24, 2.45) is 7.05 Å². The van der Waals surface area contributed by atoms with Gasteiger partial charge in [0.15, 0.2) is 5.65 Å². The van der Waals surface area contributed by atoms with E-state index in [9.17, 15) is 0 Å². The van der Waals surface area contributed by atoms with Gasteiger partial charge < -0.3 is 10.7 Å². The van der Waals surface area contributed by atoms with Crippen molar-refractivity contribution >= 4 is 17.0 Å². The highest BCUT2D eigenvalue weighted by molar-refractivity contribution is 5.81. The van der Waals surface area contributed by atoms with Crippen LogP contribution in [0.25, 0.3) is 33.7 Å². The molecule has 4 heterocycles. The molecule has 0 atom stereocenters. The van der Waals surface area contributed by atoms with Crippen molar-refractivity contribution in [2.45, 2.75) is 0 Å². The lowest BCUT2D eigenvalue weighted by atomic mass is 10.1. The first kappa shape index (κ1) is 12.5. The monoisotopic (exact) mass is 291 g/mol. The zero-order valence-corrected chi connectivity index (χ0v) is 11.9. The molecule has 3 N–H and O–H groups in total. The number of aromatic amines is 1. The Morgan fingerprint density at radius 2 is 2.09 bits per heavy atom. The quantitative estimate of drug-likeness (QED) is 0.588. The van der Waals surface area contributed by atoms with Crippen molar-refractivity contribution < 1.29 is 0 Å². The maximum atomic E-state index is 6.01. The summed E-state index contributed by atoms with van der Waals surface area (Å²) in [5.41, 5.74) is 10.2. The van der Waals surface area contributed by atoms with E-state index in [4.69, 9.17) is 5.73 Å². The standard InChI is InChI=1S/C15H13N7/c1-22-8-10(7-19-22)9-5-11(13(16)18-6-9)14-20-12-3-2-4-17-15(12)21-14/h2-8H,1H3,(H2,16,18)(H,17,20,21). The molecule has 0 saturated heterocycles. The van der Waals surface area contributed by atoms with Crippen molar-refractivity contribution in [1.29, 1.82) is 0 Å². The largest absolute Gasteiger partial charge is 0.383 e. The van der Waals surface area contributed by atoms with Gasteiger partial charge in [-0.1, -0.05) is 0 Å². The van der Waals surface area contributed by atoms with Crippen molar-refractivity contribution in [3.05, 3.63) is 43.0 Å². The van der Waals surface area contributed by atoms with Crippen LogP contribution in [0.5, 0.6) is 0 Å². The van der Waals surface area contributed by atoms with Gasteiger partial charge in [-0.2, -0.15) is 5.10 Å². The van der Waals surface area contributed by atoms with Crippen LogP contribution in [0.1, 0.15) is 0 Å². The summed E-state index contributed by atoms with van der Waals surface area (Å²) in [5, 5.41) is 4.18. The number of nitrogens with two attached hydrogens (primary N) is 1. The van der Waals surface area contributed by atoms with Gasteiger partial charge in [-0.05, 0) is 18.2 Å². The lowest BCUT2D eigenvalue weighted by molar-refractivity contribution is 0.768. The van der Waals surface area contributed by atoms with Crippen LogP contribution in [-0.4, -0.2) is 29.7 Å². The van der Waals surface area contributed by atoms with E-state index in [0.29, 0.717) is 17.3 Å². The highest BCUT2D eigenvalue weighted by Gasteiger charge is 2.12. The summed E-state index contributed by atoms with van der Waals surface area (Å²) in [7, 11) is 1.88. The second kappa shape index (κ2) is 4.66. The molecule has 4 aromatic heterocycles. The molecule has 0 saturated carbocycles. The highest BCUT2D eigenvalue weighted by Crippen LogP contribution is 2.28. The number of pyridine rings is 2. The van der Waals surface area contributed by atoms with Crippen molar-refractivity contribution in [3.8, 4) is 22.5 Å². The highest BCUT2D eigenvalue weighted by atomic mass is 15.2. The average Bonchev–Trinajstić information content (AvgIpc) is 3.13. The molecule has 4 aromatic rings. The Labute approximate surface area is 125 Å². The van der Waals surface area contributed by atoms with E-state index < -0.39 is 0 Å². The van der Waals surface area contributed by atoms with Crippen LogP contribution in [0, 0.1) is 0 Å². The van der Waals surface area contributed by atoms with Gasteiger partial charge in [-0.25, -0.2) is 15.0 Å².